The number of nitrogens with zero attached hydrogens (tertiary/aromatic N) is 2. The summed E-state index contributed by atoms with van der Waals surface area (Å²) in [6, 6.07) is 1.20. The second kappa shape index (κ2) is 5.71. The van der Waals surface area contributed by atoms with E-state index in [1.165, 1.54) is 32.2 Å². The first kappa shape index (κ1) is 12.7. The molecule has 1 saturated heterocycles. The molecular formula is C13H26N4. The van der Waals surface area contributed by atoms with Gasteiger partial charge in [0.05, 0.1) is 6.54 Å². The van der Waals surface area contributed by atoms with E-state index in [0.29, 0.717) is 18.0 Å². The van der Waals surface area contributed by atoms with Gasteiger partial charge in [-0.15, -0.1) is 0 Å². The van der Waals surface area contributed by atoms with Gasteiger partial charge in [0.2, 0.25) is 0 Å². The monoisotopic (exact) mass is 238 g/mol. The Morgan fingerprint density at radius 1 is 1.47 bits per heavy atom. The van der Waals surface area contributed by atoms with E-state index in [-0.39, 0.29) is 0 Å². The molecule has 3 N–H and O–H groups in total. The molecule has 0 aromatic rings. The number of likely N-dealkylation sites (N-methyl/N-ethyl adjacent to an activating group) is 1. The third-order valence-electron chi connectivity index (χ3n) is 4.16. The molecule has 17 heavy (non-hydrogen) atoms. The van der Waals surface area contributed by atoms with Gasteiger partial charge < -0.3 is 11.1 Å². The number of aliphatic imine (C=N–C) groups is 1. The van der Waals surface area contributed by atoms with Gasteiger partial charge in [-0.05, 0) is 38.3 Å². The fraction of sp³-hybridized carbons (Fsp3) is 0.923. The molecule has 1 aliphatic heterocycles. The minimum Gasteiger partial charge on any atom is -0.370 e. The number of hydrogen-bond acceptors (Lipinski definition) is 2. The molecule has 4 heteroatoms. The highest BCUT2D eigenvalue weighted by Gasteiger charge is 2.35. The predicted octanol–water partition coefficient (Wildman–Crippen LogP) is 1.17. The highest BCUT2D eigenvalue weighted by atomic mass is 15.2. The lowest BCUT2D eigenvalue weighted by molar-refractivity contribution is 0.273. The first-order valence-corrected chi connectivity index (χ1v) is 7.05. The standard InChI is InChI=1S/C13H26N4/c1-3-10-8-12(10)16-13(14)15-9-11-6-5-7-17(11)4-2/h10-12H,3-9H2,1-2H3,(H3,14,15,16)/t10-,11?,12-/m1/s1. The molecule has 2 rings (SSSR count). The van der Waals surface area contributed by atoms with Crippen LogP contribution in [0.5, 0.6) is 0 Å². The molecule has 98 valence electrons. The largest absolute Gasteiger partial charge is 0.370 e. The summed E-state index contributed by atoms with van der Waals surface area (Å²) >= 11 is 0. The minimum absolute atomic E-state index is 0.592. The van der Waals surface area contributed by atoms with Gasteiger partial charge in [-0.25, -0.2) is 0 Å². The van der Waals surface area contributed by atoms with Crippen molar-refractivity contribution in [1.82, 2.24) is 10.2 Å². The molecule has 2 aliphatic rings. The van der Waals surface area contributed by atoms with Gasteiger partial charge in [-0.1, -0.05) is 20.3 Å². The van der Waals surface area contributed by atoms with Gasteiger partial charge in [-0.2, -0.15) is 0 Å². The summed E-state index contributed by atoms with van der Waals surface area (Å²) in [6.45, 7) is 7.67. The van der Waals surface area contributed by atoms with E-state index in [4.69, 9.17) is 5.73 Å². The molecule has 1 heterocycles. The summed E-state index contributed by atoms with van der Waals surface area (Å²) in [4.78, 5) is 7.00. The Balaban J connectivity index is 1.72. The van der Waals surface area contributed by atoms with Gasteiger partial charge in [0.1, 0.15) is 0 Å². The maximum absolute atomic E-state index is 5.92. The number of likely N-dealkylation sites (tertiary alicyclic amines) is 1. The van der Waals surface area contributed by atoms with E-state index in [9.17, 15) is 0 Å². The van der Waals surface area contributed by atoms with Crippen molar-refractivity contribution in [3.8, 4) is 0 Å². The van der Waals surface area contributed by atoms with Crippen molar-refractivity contribution in [3.05, 3.63) is 0 Å². The summed E-state index contributed by atoms with van der Waals surface area (Å²) < 4.78 is 0. The molecule has 0 spiro atoms. The Hall–Kier alpha value is -0.770. The van der Waals surface area contributed by atoms with E-state index < -0.39 is 0 Å². The van der Waals surface area contributed by atoms with E-state index >= 15 is 0 Å². The lowest BCUT2D eigenvalue weighted by Crippen LogP contribution is -2.37. The third-order valence-corrected chi connectivity index (χ3v) is 4.16. The Bertz CT molecular complexity index is 277. The molecule has 1 unspecified atom stereocenters. The van der Waals surface area contributed by atoms with Crippen LogP contribution in [0.25, 0.3) is 0 Å². The van der Waals surface area contributed by atoms with Crippen LogP contribution >= 0.6 is 0 Å². The van der Waals surface area contributed by atoms with Crippen molar-refractivity contribution in [2.24, 2.45) is 16.6 Å². The number of nitrogens with two attached hydrogens (primary N) is 1. The van der Waals surface area contributed by atoms with Crippen LogP contribution in [0.4, 0.5) is 0 Å². The molecule has 0 aromatic heterocycles. The Kier molecular flexibility index (Phi) is 4.26. The smallest absolute Gasteiger partial charge is 0.188 e. The Morgan fingerprint density at radius 3 is 2.94 bits per heavy atom. The molecule has 0 amide bonds. The first-order chi connectivity index (χ1) is 8.24. The van der Waals surface area contributed by atoms with Gasteiger partial charge in [0.25, 0.3) is 0 Å². The fourth-order valence-electron chi connectivity index (χ4n) is 2.83. The zero-order chi connectivity index (χ0) is 12.3. The van der Waals surface area contributed by atoms with E-state index in [2.05, 4.69) is 29.1 Å². The number of guanidine groups is 1. The normalized spacial score (nSPS) is 34.0. The second-order valence-corrected chi connectivity index (χ2v) is 5.31. The summed E-state index contributed by atoms with van der Waals surface area (Å²) in [7, 11) is 0. The third kappa shape index (κ3) is 3.35. The molecule has 1 saturated carbocycles. The van der Waals surface area contributed by atoms with E-state index in [1.54, 1.807) is 0 Å². The lowest BCUT2D eigenvalue weighted by atomic mass is 10.2. The number of rotatable bonds is 5. The SMILES string of the molecule is CC[C@@H]1C[C@H]1NC(N)=NCC1CCCN1CC. The maximum atomic E-state index is 5.92. The van der Waals surface area contributed by atoms with Crippen LogP contribution in [-0.2, 0) is 0 Å². The van der Waals surface area contributed by atoms with Crippen molar-refractivity contribution in [3.63, 3.8) is 0 Å². The van der Waals surface area contributed by atoms with Crippen LogP contribution in [0.3, 0.4) is 0 Å². The maximum Gasteiger partial charge on any atom is 0.188 e. The average Bonchev–Trinajstić information content (AvgIpc) is 2.91. The van der Waals surface area contributed by atoms with Crippen molar-refractivity contribution in [1.29, 1.82) is 0 Å². The summed E-state index contributed by atoms with van der Waals surface area (Å²) in [6.07, 6.45) is 5.09. The first-order valence-electron chi connectivity index (χ1n) is 7.05. The number of nitrogens with one attached hydrogen (secondary N) is 1. The summed E-state index contributed by atoms with van der Waals surface area (Å²) in [5.41, 5.74) is 5.92. The quantitative estimate of drug-likeness (QED) is 0.558. The highest BCUT2D eigenvalue weighted by molar-refractivity contribution is 5.78. The minimum atomic E-state index is 0.592. The zero-order valence-electron chi connectivity index (χ0n) is 11.2. The Morgan fingerprint density at radius 2 is 2.29 bits per heavy atom. The lowest BCUT2D eigenvalue weighted by Gasteiger charge is -2.20. The zero-order valence-corrected chi connectivity index (χ0v) is 11.2. The van der Waals surface area contributed by atoms with Gasteiger partial charge >= 0.3 is 0 Å². The van der Waals surface area contributed by atoms with Crippen molar-refractivity contribution < 1.29 is 0 Å². The predicted molar refractivity (Wildman–Crippen MR) is 72.1 cm³/mol. The molecule has 3 atom stereocenters. The molecule has 2 fully saturated rings. The van der Waals surface area contributed by atoms with Crippen LogP contribution in [0, 0.1) is 5.92 Å². The second-order valence-electron chi connectivity index (χ2n) is 5.31. The van der Waals surface area contributed by atoms with Crippen LogP contribution in [0.2, 0.25) is 0 Å². The van der Waals surface area contributed by atoms with E-state index in [0.717, 1.165) is 19.0 Å². The average molecular weight is 238 g/mol. The van der Waals surface area contributed by atoms with Gasteiger partial charge in [0.15, 0.2) is 5.96 Å². The molecule has 1 aliphatic carbocycles. The van der Waals surface area contributed by atoms with Crippen LogP contribution in [0.15, 0.2) is 4.99 Å². The summed E-state index contributed by atoms with van der Waals surface area (Å²) in [5, 5.41) is 3.32. The Labute approximate surface area is 105 Å². The van der Waals surface area contributed by atoms with Crippen molar-refractivity contribution >= 4 is 5.96 Å². The van der Waals surface area contributed by atoms with Crippen LogP contribution in [0.1, 0.15) is 39.5 Å². The topological polar surface area (TPSA) is 53.6 Å². The van der Waals surface area contributed by atoms with Gasteiger partial charge in [-0.3, -0.25) is 9.89 Å². The molecule has 0 aromatic carbocycles. The fourth-order valence-corrected chi connectivity index (χ4v) is 2.83. The molecule has 0 bridgehead atoms. The van der Waals surface area contributed by atoms with Crippen molar-refractivity contribution in [2.45, 2.75) is 51.6 Å². The van der Waals surface area contributed by atoms with Crippen molar-refractivity contribution in [2.75, 3.05) is 19.6 Å². The van der Waals surface area contributed by atoms with E-state index in [1.807, 2.05) is 0 Å². The molecular weight excluding hydrogens is 212 g/mol. The summed E-state index contributed by atoms with van der Waals surface area (Å²) in [5.74, 6) is 1.47. The molecule has 4 nitrogen and oxygen atoms in total. The van der Waals surface area contributed by atoms with Crippen LogP contribution < -0.4 is 11.1 Å². The highest BCUT2D eigenvalue weighted by Crippen LogP contribution is 2.32. The van der Waals surface area contributed by atoms with Gasteiger partial charge in [0, 0.05) is 12.1 Å². The number of hydrogen-bond donors (Lipinski definition) is 2. The van der Waals surface area contributed by atoms with Crippen LogP contribution in [-0.4, -0.2) is 42.6 Å². The molecule has 0 radical (unpaired) electrons.